The highest BCUT2D eigenvalue weighted by molar-refractivity contribution is 5.84. The SMILES string of the molecule is CNC(/N=C(\OCc1cccc2nnc(CC(C)OCc3ccccc3)n12)N1CCOCC1)C(C)=O. The molecule has 0 aliphatic carbocycles. The second-order valence-electron chi connectivity index (χ2n) is 8.74. The number of rotatable bonds is 10. The Morgan fingerprint density at radius 3 is 2.61 bits per heavy atom. The van der Waals surface area contributed by atoms with Crippen LogP contribution in [-0.2, 0) is 38.6 Å². The lowest BCUT2D eigenvalue weighted by Gasteiger charge is -2.30. The van der Waals surface area contributed by atoms with Crippen LogP contribution in [0.15, 0.2) is 53.5 Å². The maximum atomic E-state index is 12.0. The number of aliphatic imine (C=N–C) groups is 1. The fraction of sp³-hybridized carbons (Fsp3) is 0.462. The Morgan fingerprint density at radius 2 is 1.89 bits per heavy atom. The molecule has 4 rings (SSSR count). The third-order valence-corrected chi connectivity index (χ3v) is 5.95. The first-order chi connectivity index (χ1) is 17.5. The van der Waals surface area contributed by atoms with Crippen molar-refractivity contribution in [2.75, 3.05) is 33.4 Å². The first kappa shape index (κ1) is 25.7. The molecule has 2 unspecified atom stereocenters. The van der Waals surface area contributed by atoms with Crippen LogP contribution in [0.2, 0.25) is 0 Å². The van der Waals surface area contributed by atoms with Crippen LogP contribution in [0.1, 0.15) is 30.9 Å². The highest BCUT2D eigenvalue weighted by Gasteiger charge is 2.21. The van der Waals surface area contributed by atoms with Gasteiger partial charge in [-0.3, -0.25) is 14.5 Å². The van der Waals surface area contributed by atoms with E-state index in [9.17, 15) is 4.79 Å². The summed E-state index contributed by atoms with van der Waals surface area (Å²) in [5.74, 6) is 0.714. The topological polar surface area (TPSA) is 103 Å². The summed E-state index contributed by atoms with van der Waals surface area (Å²) in [4.78, 5) is 18.6. The number of carbonyl (C=O) groups excluding carboxylic acids is 1. The Morgan fingerprint density at radius 1 is 1.11 bits per heavy atom. The summed E-state index contributed by atoms with van der Waals surface area (Å²) in [7, 11) is 1.71. The molecule has 10 nitrogen and oxygen atoms in total. The molecule has 1 N–H and O–H groups in total. The van der Waals surface area contributed by atoms with Crippen molar-refractivity contribution in [1.29, 1.82) is 0 Å². The number of morpholine rings is 1. The first-order valence-electron chi connectivity index (χ1n) is 12.2. The van der Waals surface area contributed by atoms with E-state index in [-0.39, 0.29) is 18.5 Å². The molecule has 3 heterocycles. The number of nitrogens with zero attached hydrogens (tertiary/aromatic N) is 5. The van der Waals surface area contributed by atoms with Gasteiger partial charge in [0.25, 0.3) is 6.02 Å². The van der Waals surface area contributed by atoms with E-state index in [0.717, 1.165) is 22.7 Å². The monoisotopic (exact) mass is 494 g/mol. The van der Waals surface area contributed by atoms with Crippen LogP contribution in [0, 0.1) is 0 Å². The van der Waals surface area contributed by atoms with Crippen molar-refractivity contribution in [3.05, 3.63) is 65.6 Å². The molecule has 36 heavy (non-hydrogen) atoms. The molecule has 0 amide bonds. The predicted octanol–water partition coefficient (Wildman–Crippen LogP) is 2.22. The largest absolute Gasteiger partial charge is 0.459 e. The molecule has 10 heteroatoms. The molecule has 1 saturated heterocycles. The van der Waals surface area contributed by atoms with E-state index in [2.05, 4.69) is 20.5 Å². The average Bonchev–Trinajstić information content (AvgIpc) is 3.32. The fourth-order valence-corrected chi connectivity index (χ4v) is 4.02. The van der Waals surface area contributed by atoms with Crippen molar-refractivity contribution in [1.82, 2.24) is 24.8 Å². The number of nitrogens with one attached hydrogen (secondary N) is 1. The van der Waals surface area contributed by atoms with Crippen molar-refractivity contribution in [2.45, 2.75) is 45.8 Å². The highest BCUT2D eigenvalue weighted by Crippen LogP contribution is 2.15. The van der Waals surface area contributed by atoms with Gasteiger partial charge in [0.1, 0.15) is 12.4 Å². The molecule has 1 aromatic carbocycles. The summed E-state index contributed by atoms with van der Waals surface area (Å²) in [6.07, 6.45) is -0.127. The van der Waals surface area contributed by atoms with E-state index >= 15 is 0 Å². The summed E-state index contributed by atoms with van der Waals surface area (Å²) in [6, 6.07) is 16.3. The second kappa shape index (κ2) is 12.6. The van der Waals surface area contributed by atoms with Crippen molar-refractivity contribution >= 4 is 17.5 Å². The van der Waals surface area contributed by atoms with E-state index in [1.165, 1.54) is 6.92 Å². The molecule has 2 aromatic heterocycles. The van der Waals surface area contributed by atoms with Gasteiger partial charge in [0.2, 0.25) is 0 Å². The zero-order valence-electron chi connectivity index (χ0n) is 21.1. The minimum atomic E-state index is -0.674. The first-order valence-corrected chi connectivity index (χ1v) is 12.2. The van der Waals surface area contributed by atoms with E-state index < -0.39 is 6.17 Å². The zero-order valence-corrected chi connectivity index (χ0v) is 21.1. The normalized spacial score (nSPS) is 16.2. The van der Waals surface area contributed by atoms with E-state index in [1.54, 1.807) is 7.05 Å². The third-order valence-electron chi connectivity index (χ3n) is 5.95. The Hall–Kier alpha value is -3.34. The third kappa shape index (κ3) is 6.66. The number of pyridine rings is 1. The molecule has 2 atom stereocenters. The summed E-state index contributed by atoms with van der Waals surface area (Å²) < 4.78 is 19.7. The average molecular weight is 495 g/mol. The summed E-state index contributed by atoms with van der Waals surface area (Å²) in [6.45, 7) is 6.77. The molecule has 1 fully saturated rings. The summed E-state index contributed by atoms with van der Waals surface area (Å²) in [5.41, 5.74) is 2.75. The van der Waals surface area contributed by atoms with Gasteiger partial charge in [-0.25, -0.2) is 4.99 Å². The summed E-state index contributed by atoms with van der Waals surface area (Å²) >= 11 is 0. The lowest BCUT2D eigenvalue weighted by atomic mass is 10.2. The number of hydrogen-bond acceptors (Lipinski definition) is 8. The number of benzene rings is 1. The van der Waals surface area contributed by atoms with Crippen LogP contribution in [0.3, 0.4) is 0 Å². The zero-order chi connectivity index (χ0) is 25.3. The van der Waals surface area contributed by atoms with Gasteiger partial charge in [0, 0.05) is 19.5 Å². The molecule has 0 bridgehead atoms. The predicted molar refractivity (Wildman–Crippen MR) is 136 cm³/mol. The minimum Gasteiger partial charge on any atom is -0.459 e. The Balaban J connectivity index is 1.49. The van der Waals surface area contributed by atoms with Crippen LogP contribution in [0.4, 0.5) is 0 Å². The number of aromatic nitrogens is 3. The van der Waals surface area contributed by atoms with Crippen LogP contribution in [0.25, 0.3) is 5.65 Å². The highest BCUT2D eigenvalue weighted by atomic mass is 16.5. The van der Waals surface area contributed by atoms with Crippen LogP contribution < -0.4 is 5.32 Å². The Bertz CT molecular complexity index is 1160. The second-order valence-corrected chi connectivity index (χ2v) is 8.74. The fourth-order valence-electron chi connectivity index (χ4n) is 4.02. The quantitative estimate of drug-likeness (QED) is 0.338. The Kier molecular flexibility index (Phi) is 8.99. The molecule has 0 radical (unpaired) electrons. The van der Waals surface area contributed by atoms with E-state index in [4.69, 9.17) is 14.2 Å². The maximum absolute atomic E-state index is 12.0. The number of ether oxygens (including phenoxy) is 3. The molecule has 0 spiro atoms. The van der Waals surface area contributed by atoms with Gasteiger partial charge in [-0.2, -0.15) is 0 Å². The molecule has 192 valence electrons. The Labute approximate surface area is 211 Å². The lowest BCUT2D eigenvalue weighted by molar-refractivity contribution is -0.118. The van der Waals surface area contributed by atoms with Gasteiger partial charge >= 0.3 is 0 Å². The molecule has 3 aromatic rings. The van der Waals surface area contributed by atoms with Gasteiger partial charge in [-0.15, -0.1) is 10.2 Å². The van der Waals surface area contributed by atoms with Crippen molar-refractivity contribution in [2.24, 2.45) is 4.99 Å². The number of likely N-dealkylation sites (N-methyl/N-ethyl adjacent to an activating group) is 1. The number of amidine groups is 1. The van der Waals surface area contributed by atoms with Crippen LogP contribution >= 0.6 is 0 Å². The van der Waals surface area contributed by atoms with E-state index in [0.29, 0.717) is 45.4 Å². The standard InChI is InChI=1S/C26H34N6O4/c1-19(35-17-21-8-5-4-6-9-21)16-24-30-29-23-11-7-10-22(32(23)24)18-36-26(28-25(27-3)20(2)33)31-12-14-34-15-13-31/h4-11,19,25,27H,12-18H2,1-3H3/b28-26-. The van der Waals surface area contributed by atoms with Gasteiger partial charge < -0.3 is 19.1 Å². The van der Waals surface area contributed by atoms with Crippen molar-refractivity contribution < 1.29 is 19.0 Å². The summed E-state index contributed by atoms with van der Waals surface area (Å²) in [5, 5.41) is 11.7. The molecular formula is C26H34N6O4. The molecule has 1 aliphatic rings. The minimum absolute atomic E-state index is 0.0518. The number of Topliss-reactive ketones (excluding diaryl/α,β-unsaturated/α-hetero) is 1. The molecule has 0 saturated carbocycles. The number of carbonyl (C=O) groups is 1. The lowest BCUT2D eigenvalue weighted by Crippen LogP contribution is -2.44. The number of hydrogen-bond donors (Lipinski definition) is 1. The van der Waals surface area contributed by atoms with Crippen LogP contribution in [-0.4, -0.2) is 76.9 Å². The van der Waals surface area contributed by atoms with Gasteiger partial charge in [-0.1, -0.05) is 36.4 Å². The van der Waals surface area contributed by atoms with Gasteiger partial charge in [-0.05, 0) is 38.6 Å². The van der Waals surface area contributed by atoms with E-state index in [1.807, 2.05) is 64.8 Å². The molecular weight excluding hydrogens is 460 g/mol. The smallest absolute Gasteiger partial charge is 0.289 e. The van der Waals surface area contributed by atoms with Gasteiger partial charge in [0.15, 0.2) is 17.6 Å². The van der Waals surface area contributed by atoms with Crippen molar-refractivity contribution in [3.8, 4) is 0 Å². The number of ketones is 1. The van der Waals surface area contributed by atoms with Crippen molar-refractivity contribution in [3.63, 3.8) is 0 Å². The van der Waals surface area contributed by atoms with Gasteiger partial charge in [0.05, 0.1) is 31.6 Å². The number of fused-ring (bicyclic) bond motifs is 1. The maximum Gasteiger partial charge on any atom is 0.289 e. The molecule has 1 aliphatic heterocycles. The van der Waals surface area contributed by atoms with Crippen LogP contribution in [0.5, 0.6) is 0 Å².